The fourth-order valence-corrected chi connectivity index (χ4v) is 3.70. The van der Waals surface area contributed by atoms with Crippen LogP contribution in [0.4, 0.5) is 0 Å². The van der Waals surface area contributed by atoms with Gasteiger partial charge >= 0.3 is 0 Å². The van der Waals surface area contributed by atoms with Gasteiger partial charge in [0.15, 0.2) is 0 Å². The van der Waals surface area contributed by atoms with Crippen LogP contribution in [0.25, 0.3) is 0 Å². The highest BCUT2D eigenvalue weighted by Gasteiger charge is 2.48. The molecule has 0 aromatic heterocycles. The summed E-state index contributed by atoms with van der Waals surface area (Å²) in [5, 5.41) is 0. The van der Waals surface area contributed by atoms with Crippen molar-refractivity contribution in [2.45, 2.75) is 96.7 Å². The van der Waals surface area contributed by atoms with Gasteiger partial charge in [-0.2, -0.15) is 0 Å². The first-order chi connectivity index (χ1) is 11.1. The summed E-state index contributed by atoms with van der Waals surface area (Å²) in [6.07, 6.45) is 16.3. The molecule has 0 aromatic carbocycles. The van der Waals surface area contributed by atoms with Gasteiger partial charge in [0.1, 0.15) is 17.5 Å². The van der Waals surface area contributed by atoms with E-state index in [4.69, 9.17) is 9.78 Å². The van der Waals surface area contributed by atoms with E-state index in [1.54, 1.807) is 0 Å². The van der Waals surface area contributed by atoms with Gasteiger partial charge in [-0.25, -0.2) is 9.78 Å². The molecule has 2 aliphatic rings. The monoisotopic (exact) mass is 322 g/mol. The summed E-state index contributed by atoms with van der Waals surface area (Å²) in [5.74, 6) is 0.559. The Labute approximate surface area is 141 Å². The van der Waals surface area contributed by atoms with Crippen LogP contribution in [0.1, 0.15) is 85.0 Å². The molecule has 1 saturated carbocycles. The van der Waals surface area contributed by atoms with E-state index in [1.165, 1.54) is 44.9 Å². The molecular weight excluding hydrogens is 288 g/mol. The van der Waals surface area contributed by atoms with Gasteiger partial charge in [-0.05, 0) is 26.2 Å². The van der Waals surface area contributed by atoms with E-state index < -0.39 is 5.60 Å². The highest BCUT2D eigenvalue weighted by molar-refractivity contribution is 5.82. The lowest BCUT2D eigenvalue weighted by molar-refractivity contribution is -0.415. The Kier molecular flexibility index (Phi) is 7.29. The van der Waals surface area contributed by atoms with Gasteiger partial charge < -0.3 is 0 Å². The fourth-order valence-electron chi connectivity index (χ4n) is 3.70. The Bertz CT molecular complexity index is 404. The molecule has 1 aliphatic heterocycles. The normalized spacial score (nSPS) is 34.2. The molecular formula is C20H34O3. The molecule has 3 nitrogen and oxygen atoms in total. The Morgan fingerprint density at radius 2 is 1.87 bits per heavy atom. The predicted molar refractivity (Wildman–Crippen MR) is 93.0 cm³/mol. The highest BCUT2D eigenvalue weighted by atomic mass is 17.2. The van der Waals surface area contributed by atoms with Crippen LogP contribution in [-0.2, 0) is 14.6 Å². The summed E-state index contributed by atoms with van der Waals surface area (Å²) in [4.78, 5) is 23.3. The third-order valence-corrected chi connectivity index (χ3v) is 5.61. The first-order valence-electron chi connectivity index (χ1n) is 9.61. The van der Waals surface area contributed by atoms with Crippen molar-refractivity contribution in [1.82, 2.24) is 0 Å². The van der Waals surface area contributed by atoms with E-state index in [0.717, 1.165) is 12.8 Å². The molecule has 4 atom stereocenters. The molecule has 2 fully saturated rings. The number of allylic oxidation sites excluding steroid dienone is 1. The van der Waals surface area contributed by atoms with Crippen molar-refractivity contribution in [2.75, 3.05) is 0 Å². The third kappa shape index (κ3) is 5.15. The zero-order chi connectivity index (χ0) is 16.7. The van der Waals surface area contributed by atoms with Crippen LogP contribution < -0.4 is 0 Å². The van der Waals surface area contributed by atoms with Crippen molar-refractivity contribution in [1.29, 1.82) is 0 Å². The summed E-state index contributed by atoms with van der Waals surface area (Å²) in [6.45, 7) is 6.26. The number of unbranched alkanes of at least 4 members (excludes halogenated alkanes) is 7. The zero-order valence-corrected chi connectivity index (χ0v) is 15.2. The number of hydrogen-bond acceptors (Lipinski definition) is 3. The minimum absolute atomic E-state index is 0.0208. The largest absolute Gasteiger partial charge is 0.299 e. The van der Waals surface area contributed by atoms with E-state index in [1.807, 2.05) is 6.92 Å². The molecule has 0 radical (unpaired) electrons. The lowest BCUT2D eigenvalue weighted by atomic mass is 9.71. The smallest absolute Gasteiger partial charge is 0.138 e. The molecule has 132 valence electrons. The summed E-state index contributed by atoms with van der Waals surface area (Å²) in [6, 6.07) is 0. The quantitative estimate of drug-likeness (QED) is 0.324. The maximum atomic E-state index is 12.1. The average molecular weight is 322 g/mol. The Balaban J connectivity index is 1.69. The molecule has 0 aromatic rings. The summed E-state index contributed by atoms with van der Waals surface area (Å²) in [7, 11) is 0. The van der Waals surface area contributed by atoms with E-state index in [2.05, 4.69) is 26.0 Å². The van der Waals surface area contributed by atoms with Crippen molar-refractivity contribution < 1.29 is 14.6 Å². The highest BCUT2D eigenvalue weighted by Crippen LogP contribution is 2.42. The average Bonchev–Trinajstić information content (AvgIpc) is 2.54. The second-order valence-electron chi connectivity index (χ2n) is 7.61. The predicted octanol–water partition coefficient (Wildman–Crippen LogP) is 5.39. The van der Waals surface area contributed by atoms with Crippen LogP contribution in [0, 0.1) is 11.8 Å². The Hall–Kier alpha value is -0.670. The van der Waals surface area contributed by atoms with Gasteiger partial charge in [-0.1, -0.05) is 64.5 Å². The molecule has 0 N–H and O–H groups in total. The maximum Gasteiger partial charge on any atom is 0.138 e. The number of carbonyl (C=O) groups excluding carboxylic acids is 1. The molecule has 0 unspecified atom stereocenters. The molecule has 2 bridgehead atoms. The first-order valence-corrected chi connectivity index (χ1v) is 9.61. The molecule has 0 amide bonds. The van der Waals surface area contributed by atoms with Crippen molar-refractivity contribution in [3.63, 3.8) is 0 Å². The van der Waals surface area contributed by atoms with Crippen molar-refractivity contribution >= 4 is 5.78 Å². The van der Waals surface area contributed by atoms with E-state index >= 15 is 0 Å². The number of hydrogen-bond donors (Lipinski definition) is 0. The third-order valence-electron chi connectivity index (χ3n) is 5.61. The lowest BCUT2D eigenvalue weighted by Gasteiger charge is -2.45. The van der Waals surface area contributed by atoms with E-state index in [9.17, 15) is 4.79 Å². The number of Topliss-reactive ketones (excluding diaryl/α,β-unsaturated/α-hetero) is 1. The van der Waals surface area contributed by atoms with E-state index in [-0.39, 0.29) is 17.9 Å². The molecule has 1 saturated heterocycles. The van der Waals surface area contributed by atoms with Crippen LogP contribution >= 0.6 is 0 Å². The first kappa shape index (κ1) is 18.7. The van der Waals surface area contributed by atoms with Gasteiger partial charge in [0.05, 0.1) is 0 Å². The fraction of sp³-hybridized carbons (Fsp3) is 0.850. The van der Waals surface area contributed by atoms with Gasteiger partial charge in [0, 0.05) is 18.3 Å². The zero-order valence-electron chi connectivity index (χ0n) is 15.2. The minimum atomic E-state index is -0.437. The summed E-state index contributed by atoms with van der Waals surface area (Å²) < 4.78 is 0. The lowest BCUT2D eigenvalue weighted by Crippen LogP contribution is -2.52. The van der Waals surface area contributed by atoms with Crippen LogP contribution in [0.15, 0.2) is 12.2 Å². The molecule has 1 heterocycles. The van der Waals surface area contributed by atoms with Crippen LogP contribution in [0.5, 0.6) is 0 Å². The number of fused-ring (bicyclic) bond motifs is 2. The van der Waals surface area contributed by atoms with Crippen LogP contribution in [-0.4, -0.2) is 17.5 Å². The maximum absolute atomic E-state index is 12.1. The minimum Gasteiger partial charge on any atom is -0.299 e. The Morgan fingerprint density at radius 1 is 1.17 bits per heavy atom. The number of carbonyl (C=O) groups is 1. The van der Waals surface area contributed by atoms with Gasteiger partial charge in [-0.3, -0.25) is 4.79 Å². The SMILES string of the molecule is CCCCCCCCCC=C[C@@]1(C)OO[C@H]2C[C@@H]1CC(=O)[C@H]2C. The Morgan fingerprint density at radius 3 is 2.61 bits per heavy atom. The molecule has 23 heavy (non-hydrogen) atoms. The second-order valence-corrected chi connectivity index (χ2v) is 7.61. The van der Waals surface area contributed by atoms with Crippen LogP contribution in [0.3, 0.4) is 0 Å². The topological polar surface area (TPSA) is 35.5 Å². The molecule has 3 heteroatoms. The van der Waals surface area contributed by atoms with Gasteiger partial charge in [0.25, 0.3) is 0 Å². The van der Waals surface area contributed by atoms with Gasteiger partial charge in [0.2, 0.25) is 0 Å². The number of rotatable bonds is 9. The van der Waals surface area contributed by atoms with E-state index in [0.29, 0.717) is 12.2 Å². The summed E-state index contributed by atoms with van der Waals surface area (Å²) >= 11 is 0. The standard InChI is InChI=1S/C20H34O3/c1-4-5-6-7-8-9-10-11-12-13-20(3)17-14-18(21)16(2)19(15-17)22-23-20/h12-13,16-17,19H,4-11,14-15H2,1-3H3/t16-,17+,19+,20-/m1/s1. The molecule has 0 spiro atoms. The molecule has 2 rings (SSSR count). The number of ketones is 1. The molecule has 1 aliphatic carbocycles. The summed E-state index contributed by atoms with van der Waals surface area (Å²) in [5.41, 5.74) is -0.437. The van der Waals surface area contributed by atoms with Gasteiger partial charge in [-0.15, -0.1) is 0 Å². The van der Waals surface area contributed by atoms with Crippen LogP contribution in [0.2, 0.25) is 0 Å². The van der Waals surface area contributed by atoms with Crippen molar-refractivity contribution in [3.8, 4) is 0 Å². The van der Waals surface area contributed by atoms with Crippen molar-refractivity contribution in [3.05, 3.63) is 12.2 Å². The second kappa shape index (κ2) is 8.98. The van der Waals surface area contributed by atoms with Crippen molar-refractivity contribution in [2.24, 2.45) is 11.8 Å².